The largest absolute Gasteiger partial charge is 0.465 e. The van der Waals surface area contributed by atoms with E-state index in [1.807, 2.05) is 12.1 Å². The second kappa shape index (κ2) is 5.37. The van der Waals surface area contributed by atoms with Gasteiger partial charge in [0.05, 0.1) is 18.4 Å². The Labute approximate surface area is 135 Å². The van der Waals surface area contributed by atoms with Crippen LogP contribution >= 0.6 is 22.6 Å². The maximum absolute atomic E-state index is 13.1. The molecule has 6 heteroatoms. The number of benzene rings is 1. The molecule has 1 aliphatic carbocycles. The van der Waals surface area contributed by atoms with E-state index in [1.165, 1.54) is 7.11 Å². The van der Waals surface area contributed by atoms with Gasteiger partial charge < -0.3 is 9.64 Å². The molecule has 0 unspecified atom stereocenters. The first-order valence-corrected chi connectivity index (χ1v) is 7.97. The summed E-state index contributed by atoms with van der Waals surface area (Å²) in [5.74, 6) is -0.383. The molecule has 0 spiro atoms. The van der Waals surface area contributed by atoms with Crippen LogP contribution in [-0.4, -0.2) is 32.1 Å². The fraction of sp³-hybridized carbons (Fsp3) is 0.533. The zero-order valence-electron chi connectivity index (χ0n) is 11.6. The van der Waals surface area contributed by atoms with Gasteiger partial charge >= 0.3 is 5.97 Å². The van der Waals surface area contributed by atoms with Crippen molar-refractivity contribution in [2.24, 2.45) is 5.41 Å². The number of piperidine rings is 2. The van der Waals surface area contributed by atoms with Gasteiger partial charge in [-0.25, -0.2) is 13.6 Å². The third-order valence-corrected chi connectivity index (χ3v) is 5.38. The summed E-state index contributed by atoms with van der Waals surface area (Å²) < 4.78 is 32.0. The molecule has 0 N–H and O–H groups in total. The van der Waals surface area contributed by atoms with Crippen LogP contribution in [0.4, 0.5) is 14.5 Å². The maximum atomic E-state index is 13.1. The number of hydrogen-bond donors (Lipinski definition) is 0. The van der Waals surface area contributed by atoms with Crippen LogP contribution in [0.25, 0.3) is 0 Å². The van der Waals surface area contributed by atoms with E-state index >= 15 is 0 Å². The van der Waals surface area contributed by atoms with Crippen molar-refractivity contribution in [3.8, 4) is 0 Å². The second-order valence-corrected chi connectivity index (χ2v) is 7.07. The van der Waals surface area contributed by atoms with Gasteiger partial charge in [0.25, 0.3) is 0 Å². The summed E-state index contributed by atoms with van der Waals surface area (Å²) in [4.78, 5) is 14.0. The molecule has 2 aliphatic heterocycles. The fourth-order valence-corrected chi connectivity index (χ4v) is 3.93. The van der Waals surface area contributed by atoms with E-state index in [0.29, 0.717) is 31.4 Å². The summed E-state index contributed by atoms with van der Waals surface area (Å²) in [7, 11) is 1.35. The molecular formula is C15H16F2INO2. The van der Waals surface area contributed by atoms with E-state index in [2.05, 4.69) is 27.5 Å². The quantitative estimate of drug-likeness (QED) is 0.566. The highest BCUT2D eigenvalue weighted by molar-refractivity contribution is 14.1. The highest BCUT2D eigenvalue weighted by Crippen LogP contribution is 2.55. The number of carbonyl (C=O) groups is 1. The van der Waals surface area contributed by atoms with Crippen molar-refractivity contribution in [1.82, 2.24) is 0 Å². The van der Waals surface area contributed by atoms with Crippen LogP contribution in [0.2, 0.25) is 0 Å². The number of fused-ring (bicyclic) bond motifs is 2. The van der Waals surface area contributed by atoms with Crippen LogP contribution in [0.5, 0.6) is 0 Å². The number of ether oxygens (including phenoxy) is 1. The predicted molar refractivity (Wildman–Crippen MR) is 83.9 cm³/mol. The molecular weight excluding hydrogens is 391 g/mol. The van der Waals surface area contributed by atoms with Crippen LogP contribution in [0, 0.1) is 8.99 Å². The van der Waals surface area contributed by atoms with Crippen molar-refractivity contribution in [2.45, 2.75) is 31.7 Å². The lowest BCUT2D eigenvalue weighted by Crippen LogP contribution is -2.61. The zero-order chi connectivity index (χ0) is 15.2. The highest BCUT2D eigenvalue weighted by atomic mass is 127. The summed E-state index contributed by atoms with van der Waals surface area (Å²) in [6.07, 6.45) is -0.743. The van der Waals surface area contributed by atoms with E-state index < -0.39 is 11.8 Å². The Balaban J connectivity index is 1.89. The summed E-state index contributed by atoms with van der Waals surface area (Å²) in [5, 5.41) is 0. The Kier molecular flexibility index (Phi) is 3.83. The van der Waals surface area contributed by atoms with Gasteiger partial charge in [0.1, 0.15) is 0 Å². The van der Waals surface area contributed by atoms with Gasteiger partial charge in [-0.1, -0.05) is 0 Å². The highest BCUT2D eigenvalue weighted by Gasteiger charge is 2.56. The first-order chi connectivity index (χ1) is 9.97. The van der Waals surface area contributed by atoms with Crippen molar-refractivity contribution in [2.75, 3.05) is 18.6 Å². The summed E-state index contributed by atoms with van der Waals surface area (Å²) >= 11 is 2.19. The number of rotatable bonds is 3. The molecule has 1 aromatic carbocycles. The van der Waals surface area contributed by atoms with Crippen molar-refractivity contribution in [1.29, 1.82) is 0 Å². The summed E-state index contributed by atoms with van der Waals surface area (Å²) in [5.41, 5.74) is 0.532. The van der Waals surface area contributed by atoms with E-state index in [1.54, 1.807) is 6.07 Å². The predicted octanol–water partition coefficient (Wildman–Crippen LogP) is 3.70. The number of esters is 1. The molecule has 2 saturated heterocycles. The van der Waals surface area contributed by atoms with E-state index in [4.69, 9.17) is 4.74 Å². The van der Waals surface area contributed by atoms with Gasteiger partial charge in [-0.3, -0.25) is 0 Å². The number of methoxy groups -OCH3 is 1. The zero-order valence-corrected chi connectivity index (χ0v) is 13.8. The Morgan fingerprint density at radius 1 is 1.48 bits per heavy atom. The van der Waals surface area contributed by atoms with E-state index in [-0.39, 0.29) is 12.0 Å². The number of alkyl halides is 2. The average Bonchev–Trinajstić information content (AvgIpc) is 2.45. The molecule has 3 fully saturated rings. The first kappa shape index (κ1) is 15.0. The standard InChI is InChI=1S/C15H16F2INO2/c1-21-13(20)11-3-2-9(18)6-12(11)19-5-4-15(14(16)17)7-10(19)8-15/h2-3,6,10,14H,4-5,7-8H2,1H3. The minimum atomic E-state index is -2.24. The van der Waals surface area contributed by atoms with Gasteiger partial charge in [-0.15, -0.1) is 0 Å². The van der Waals surface area contributed by atoms with Crippen molar-refractivity contribution >= 4 is 34.2 Å². The maximum Gasteiger partial charge on any atom is 0.339 e. The summed E-state index contributed by atoms with van der Waals surface area (Å²) in [6.45, 7) is 0.569. The Morgan fingerprint density at radius 3 is 2.71 bits per heavy atom. The number of nitrogens with zero attached hydrogens (tertiary/aromatic N) is 1. The molecule has 1 aromatic rings. The van der Waals surface area contributed by atoms with Gasteiger partial charge in [0.15, 0.2) is 0 Å². The van der Waals surface area contributed by atoms with Crippen LogP contribution < -0.4 is 4.90 Å². The Hall–Kier alpha value is -0.920. The third-order valence-electron chi connectivity index (χ3n) is 4.71. The van der Waals surface area contributed by atoms with Crippen LogP contribution in [0.3, 0.4) is 0 Å². The van der Waals surface area contributed by atoms with E-state index in [9.17, 15) is 13.6 Å². The summed E-state index contributed by atoms with van der Waals surface area (Å²) in [6, 6.07) is 5.64. The lowest BCUT2D eigenvalue weighted by Gasteiger charge is -2.58. The molecule has 3 aliphatic rings. The third kappa shape index (κ3) is 2.41. The lowest BCUT2D eigenvalue weighted by atomic mass is 9.60. The molecule has 0 amide bonds. The van der Waals surface area contributed by atoms with Crippen molar-refractivity contribution < 1.29 is 18.3 Å². The van der Waals surface area contributed by atoms with Gasteiger partial charge in [0.2, 0.25) is 6.43 Å². The van der Waals surface area contributed by atoms with E-state index in [0.717, 1.165) is 9.26 Å². The van der Waals surface area contributed by atoms with Crippen molar-refractivity contribution in [3.05, 3.63) is 27.3 Å². The number of hydrogen-bond acceptors (Lipinski definition) is 3. The number of halogens is 3. The average molecular weight is 407 g/mol. The molecule has 4 rings (SSSR count). The molecule has 1 saturated carbocycles. The molecule has 2 heterocycles. The fourth-order valence-electron chi connectivity index (χ4n) is 3.46. The minimum Gasteiger partial charge on any atom is -0.465 e. The molecule has 21 heavy (non-hydrogen) atoms. The smallest absolute Gasteiger partial charge is 0.339 e. The van der Waals surface area contributed by atoms with Gasteiger partial charge in [-0.05, 0) is 60.1 Å². The monoisotopic (exact) mass is 407 g/mol. The number of carbonyl (C=O) groups excluding carboxylic acids is 1. The van der Waals surface area contributed by atoms with Crippen LogP contribution in [-0.2, 0) is 4.74 Å². The van der Waals surface area contributed by atoms with Gasteiger partial charge in [-0.2, -0.15) is 0 Å². The molecule has 114 valence electrons. The molecule has 3 nitrogen and oxygen atoms in total. The molecule has 0 atom stereocenters. The van der Waals surface area contributed by atoms with Crippen LogP contribution in [0.15, 0.2) is 18.2 Å². The lowest BCUT2D eigenvalue weighted by molar-refractivity contribution is -0.0925. The Morgan fingerprint density at radius 2 is 2.19 bits per heavy atom. The molecule has 0 radical (unpaired) electrons. The SMILES string of the molecule is COC(=O)c1ccc(I)cc1N1CCC2(C(F)F)CC1C2. The second-order valence-electron chi connectivity index (χ2n) is 5.82. The normalized spacial score (nSPS) is 27.5. The van der Waals surface area contributed by atoms with Crippen molar-refractivity contribution in [3.63, 3.8) is 0 Å². The van der Waals surface area contributed by atoms with Crippen LogP contribution in [0.1, 0.15) is 29.6 Å². The molecule has 0 aromatic heterocycles. The Bertz CT molecular complexity index is 567. The van der Waals surface area contributed by atoms with Gasteiger partial charge in [0, 0.05) is 21.6 Å². The number of anilines is 1. The topological polar surface area (TPSA) is 29.5 Å². The minimum absolute atomic E-state index is 0.106. The molecule has 2 bridgehead atoms. The first-order valence-electron chi connectivity index (χ1n) is 6.89.